The van der Waals surface area contributed by atoms with Crippen LogP contribution >= 0.6 is 11.3 Å². The zero-order chi connectivity index (χ0) is 13.8. The molecule has 3 N–H and O–H groups in total. The molecule has 4 heteroatoms. The first kappa shape index (κ1) is 13.9. The molecule has 0 fully saturated rings. The summed E-state index contributed by atoms with van der Waals surface area (Å²) in [6, 6.07) is 6.86. The van der Waals surface area contributed by atoms with E-state index in [1.807, 2.05) is 6.92 Å². The average Bonchev–Trinajstić information content (AvgIpc) is 2.83. The van der Waals surface area contributed by atoms with E-state index in [4.69, 9.17) is 0 Å². The Hall–Kier alpha value is -1.52. The minimum atomic E-state index is -0.104. The molecule has 0 amide bonds. The Bertz CT molecular complexity index is 531. The SMILES string of the molecule is CCc1ccsc1CNC(C)c1c(O)cccc1O. The van der Waals surface area contributed by atoms with Crippen molar-refractivity contribution in [2.45, 2.75) is 32.9 Å². The Kier molecular flexibility index (Phi) is 4.45. The maximum absolute atomic E-state index is 9.82. The van der Waals surface area contributed by atoms with Crippen molar-refractivity contribution >= 4 is 11.3 Å². The van der Waals surface area contributed by atoms with Gasteiger partial charge in [-0.1, -0.05) is 13.0 Å². The van der Waals surface area contributed by atoms with E-state index in [2.05, 4.69) is 23.7 Å². The molecule has 1 aromatic heterocycles. The van der Waals surface area contributed by atoms with Crippen LogP contribution in [-0.2, 0) is 13.0 Å². The number of thiophene rings is 1. The molecule has 1 aromatic carbocycles. The second-order valence-electron chi connectivity index (χ2n) is 4.54. The topological polar surface area (TPSA) is 52.5 Å². The van der Waals surface area contributed by atoms with E-state index in [1.54, 1.807) is 29.5 Å². The predicted octanol–water partition coefficient (Wildman–Crippen LogP) is 3.57. The van der Waals surface area contributed by atoms with Crippen molar-refractivity contribution in [3.8, 4) is 11.5 Å². The summed E-state index contributed by atoms with van der Waals surface area (Å²) in [7, 11) is 0. The van der Waals surface area contributed by atoms with Crippen molar-refractivity contribution < 1.29 is 10.2 Å². The van der Waals surface area contributed by atoms with Crippen LogP contribution in [0.4, 0.5) is 0 Å². The standard InChI is InChI=1S/C15H19NO2S/c1-3-11-7-8-19-14(11)9-16-10(2)15-12(17)5-4-6-13(15)18/h4-8,10,16-18H,3,9H2,1-2H3. The lowest BCUT2D eigenvalue weighted by Crippen LogP contribution is -2.18. The third-order valence-electron chi connectivity index (χ3n) is 3.28. The third-order valence-corrected chi connectivity index (χ3v) is 4.24. The van der Waals surface area contributed by atoms with Crippen molar-refractivity contribution in [1.29, 1.82) is 0 Å². The van der Waals surface area contributed by atoms with E-state index in [1.165, 1.54) is 10.4 Å². The summed E-state index contributed by atoms with van der Waals surface area (Å²) in [5.41, 5.74) is 1.91. The van der Waals surface area contributed by atoms with Gasteiger partial charge in [-0.15, -0.1) is 11.3 Å². The molecule has 0 radical (unpaired) electrons. The lowest BCUT2D eigenvalue weighted by atomic mass is 10.1. The lowest BCUT2D eigenvalue weighted by molar-refractivity contribution is 0.418. The number of rotatable bonds is 5. The fraction of sp³-hybridized carbons (Fsp3) is 0.333. The summed E-state index contributed by atoms with van der Waals surface area (Å²) in [5, 5.41) is 25.1. The Balaban J connectivity index is 2.08. The van der Waals surface area contributed by atoms with Crippen LogP contribution in [0.3, 0.4) is 0 Å². The van der Waals surface area contributed by atoms with E-state index in [-0.39, 0.29) is 17.5 Å². The monoisotopic (exact) mass is 277 g/mol. The average molecular weight is 277 g/mol. The first-order valence-electron chi connectivity index (χ1n) is 6.43. The fourth-order valence-electron chi connectivity index (χ4n) is 2.17. The van der Waals surface area contributed by atoms with Gasteiger partial charge >= 0.3 is 0 Å². The molecule has 1 atom stereocenters. The molecule has 19 heavy (non-hydrogen) atoms. The number of aromatic hydroxyl groups is 2. The largest absolute Gasteiger partial charge is 0.507 e. The molecule has 1 unspecified atom stereocenters. The highest BCUT2D eigenvalue weighted by Crippen LogP contribution is 2.32. The van der Waals surface area contributed by atoms with Gasteiger partial charge in [-0.2, -0.15) is 0 Å². The van der Waals surface area contributed by atoms with Gasteiger partial charge in [0.1, 0.15) is 11.5 Å². The smallest absolute Gasteiger partial charge is 0.124 e. The molecule has 0 saturated heterocycles. The van der Waals surface area contributed by atoms with Gasteiger partial charge in [0.15, 0.2) is 0 Å². The number of benzene rings is 1. The summed E-state index contributed by atoms with van der Waals surface area (Å²) < 4.78 is 0. The van der Waals surface area contributed by atoms with Crippen LogP contribution < -0.4 is 5.32 Å². The van der Waals surface area contributed by atoms with Crippen LogP contribution in [0.2, 0.25) is 0 Å². The van der Waals surface area contributed by atoms with Gasteiger partial charge in [0.05, 0.1) is 5.56 Å². The molecule has 2 rings (SSSR count). The van der Waals surface area contributed by atoms with Gasteiger partial charge in [0.25, 0.3) is 0 Å². The Morgan fingerprint density at radius 3 is 2.53 bits per heavy atom. The molecular formula is C15H19NO2S. The zero-order valence-corrected chi connectivity index (χ0v) is 12.0. The van der Waals surface area contributed by atoms with Crippen LogP contribution in [0.15, 0.2) is 29.6 Å². The molecule has 0 aliphatic carbocycles. The molecule has 0 aliphatic heterocycles. The Morgan fingerprint density at radius 2 is 1.89 bits per heavy atom. The number of phenols is 2. The van der Waals surface area contributed by atoms with E-state index in [0.717, 1.165) is 13.0 Å². The molecule has 1 heterocycles. The Labute approximate surface area is 117 Å². The summed E-state index contributed by atoms with van der Waals surface area (Å²) in [6.07, 6.45) is 1.02. The minimum Gasteiger partial charge on any atom is -0.507 e. The van der Waals surface area contributed by atoms with Crippen molar-refractivity contribution in [1.82, 2.24) is 5.32 Å². The van der Waals surface area contributed by atoms with E-state index in [0.29, 0.717) is 5.56 Å². The molecule has 0 saturated carbocycles. The number of phenolic OH excluding ortho intramolecular Hbond substituents is 2. The van der Waals surface area contributed by atoms with Crippen LogP contribution in [0.5, 0.6) is 11.5 Å². The highest BCUT2D eigenvalue weighted by molar-refractivity contribution is 7.10. The van der Waals surface area contributed by atoms with Crippen molar-refractivity contribution in [3.05, 3.63) is 45.6 Å². The van der Waals surface area contributed by atoms with E-state index < -0.39 is 0 Å². The first-order valence-corrected chi connectivity index (χ1v) is 7.31. The van der Waals surface area contributed by atoms with Crippen LogP contribution in [-0.4, -0.2) is 10.2 Å². The van der Waals surface area contributed by atoms with E-state index in [9.17, 15) is 10.2 Å². The molecule has 2 aromatic rings. The number of nitrogens with one attached hydrogen (secondary N) is 1. The maximum atomic E-state index is 9.82. The van der Waals surface area contributed by atoms with Gasteiger partial charge in [0, 0.05) is 17.5 Å². The van der Waals surface area contributed by atoms with Crippen LogP contribution in [0, 0.1) is 0 Å². The second kappa shape index (κ2) is 6.08. The lowest BCUT2D eigenvalue weighted by Gasteiger charge is -2.16. The van der Waals surface area contributed by atoms with Gasteiger partial charge in [-0.05, 0) is 42.5 Å². The van der Waals surface area contributed by atoms with Gasteiger partial charge < -0.3 is 15.5 Å². The summed E-state index contributed by atoms with van der Waals surface area (Å²) in [4.78, 5) is 1.31. The quantitative estimate of drug-likeness (QED) is 0.783. The van der Waals surface area contributed by atoms with Crippen molar-refractivity contribution in [2.24, 2.45) is 0 Å². The third kappa shape index (κ3) is 3.08. The highest BCUT2D eigenvalue weighted by atomic mass is 32.1. The van der Waals surface area contributed by atoms with Gasteiger partial charge in [0.2, 0.25) is 0 Å². The van der Waals surface area contributed by atoms with Gasteiger partial charge in [-0.25, -0.2) is 0 Å². The number of hydrogen-bond acceptors (Lipinski definition) is 4. The van der Waals surface area contributed by atoms with Crippen LogP contribution in [0.25, 0.3) is 0 Å². The maximum Gasteiger partial charge on any atom is 0.124 e. The van der Waals surface area contributed by atoms with E-state index >= 15 is 0 Å². The molecule has 0 aliphatic rings. The minimum absolute atomic E-state index is 0.104. The Morgan fingerprint density at radius 1 is 1.21 bits per heavy atom. The fourth-order valence-corrected chi connectivity index (χ4v) is 3.10. The molecule has 102 valence electrons. The zero-order valence-electron chi connectivity index (χ0n) is 11.2. The van der Waals surface area contributed by atoms with Gasteiger partial charge in [-0.3, -0.25) is 0 Å². The predicted molar refractivity (Wildman–Crippen MR) is 78.7 cm³/mol. The summed E-state index contributed by atoms with van der Waals surface area (Å²) >= 11 is 1.73. The molecule has 0 bridgehead atoms. The number of hydrogen-bond donors (Lipinski definition) is 3. The summed E-state index contributed by atoms with van der Waals surface area (Å²) in [6.45, 7) is 4.83. The molecular weight excluding hydrogens is 258 g/mol. The first-order chi connectivity index (χ1) is 9.13. The van der Waals surface area contributed by atoms with Crippen LogP contribution in [0.1, 0.15) is 35.9 Å². The summed E-state index contributed by atoms with van der Waals surface area (Å²) in [5.74, 6) is 0.254. The van der Waals surface area contributed by atoms with Crippen molar-refractivity contribution in [2.75, 3.05) is 0 Å². The molecule has 3 nitrogen and oxygen atoms in total. The second-order valence-corrected chi connectivity index (χ2v) is 5.54. The van der Waals surface area contributed by atoms with Crippen molar-refractivity contribution in [3.63, 3.8) is 0 Å². The normalized spacial score (nSPS) is 12.5. The molecule has 0 spiro atoms. The highest BCUT2D eigenvalue weighted by Gasteiger charge is 2.15. The number of aryl methyl sites for hydroxylation is 1.